The van der Waals surface area contributed by atoms with E-state index in [0.717, 1.165) is 12.2 Å². The predicted octanol–water partition coefficient (Wildman–Crippen LogP) is 2.00. The highest BCUT2D eigenvalue weighted by atomic mass is 16.3. The first-order valence-corrected chi connectivity index (χ1v) is 6.37. The van der Waals surface area contributed by atoms with Gasteiger partial charge in [-0.1, -0.05) is 29.8 Å². The van der Waals surface area contributed by atoms with Crippen LogP contribution in [0.1, 0.15) is 41.7 Å². The highest BCUT2D eigenvalue weighted by Crippen LogP contribution is 2.37. The lowest BCUT2D eigenvalue weighted by atomic mass is 10.1. The van der Waals surface area contributed by atoms with E-state index in [4.69, 9.17) is 0 Å². The van der Waals surface area contributed by atoms with Gasteiger partial charge in [0, 0.05) is 12.5 Å². The van der Waals surface area contributed by atoms with E-state index < -0.39 is 0 Å². The van der Waals surface area contributed by atoms with Crippen molar-refractivity contribution in [2.45, 2.75) is 38.8 Å². The minimum absolute atomic E-state index is 0.0304. The number of nitrogens with zero attached hydrogens (tertiary/aromatic N) is 3. The van der Waals surface area contributed by atoms with Crippen LogP contribution in [0.2, 0.25) is 0 Å². The Labute approximate surface area is 106 Å². The van der Waals surface area contributed by atoms with E-state index >= 15 is 0 Å². The van der Waals surface area contributed by atoms with Gasteiger partial charge < -0.3 is 9.67 Å². The maximum atomic E-state index is 9.30. The van der Waals surface area contributed by atoms with Crippen molar-refractivity contribution in [3.63, 3.8) is 0 Å². The van der Waals surface area contributed by atoms with E-state index in [1.807, 2.05) is 0 Å². The molecule has 0 spiro atoms. The number of hydrogen-bond acceptors (Lipinski definition) is 3. The molecule has 0 atom stereocenters. The Balaban J connectivity index is 1.90. The number of aliphatic hydroxyl groups is 1. The van der Waals surface area contributed by atoms with Gasteiger partial charge in [0.15, 0.2) is 5.82 Å². The van der Waals surface area contributed by atoms with Gasteiger partial charge in [0.2, 0.25) is 0 Å². The largest absolute Gasteiger partial charge is 0.388 e. The van der Waals surface area contributed by atoms with Crippen LogP contribution >= 0.6 is 0 Å². The lowest BCUT2D eigenvalue weighted by Gasteiger charge is -2.08. The molecule has 0 bridgehead atoms. The van der Waals surface area contributed by atoms with Crippen LogP contribution in [0.15, 0.2) is 24.3 Å². The fourth-order valence-corrected chi connectivity index (χ4v) is 2.35. The van der Waals surface area contributed by atoms with Crippen LogP contribution in [0.25, 0.3) is 0 Å². The fourth-order valence-electron chi connectivity index (χ4n) is 2.35. The Morgan fingerprint density at radius 1 is 1.28 bits per heavy atom. The van der Waals surface area contributed by atoms with Crippen LogP contribution in [0.3, 0.4) is 0 Å². The molecule has 1 aliphatic rings. The summed E-state index contributed by atoms with van der Waals surface area (Å²) in [5.41, 5.74) is 2.50. The van der Waals surface area contributed by atoms with E-state index in [0.29, 0.717) is 11.9 Å². The Morgan fingerprint density at radius 2 is 2.06 bits per heavy atom. The smallest absolute Gasteiger partial charge is 0.159 e. The zero-order valence-electron chi connectivity index (χ0n) is 10.5. The minimum atomic E-state index is -0.0304. The minimum Gasteiger partial charge on any atom is -0.388 e. The molecule has 2 aromatic rings. The average molecular weight is 243 g/mol. The Morgan fingerprint density at radius 3 is 2.72 bits per heavy atom. The number of rotatable bonds is 4. The van der Waals surface area contributed by atoms with Crippen LogP contribution in [0.5, 0.6) is 0 Å². The first-order valence-electron chi connectivity index (χ1n) is 6.37. The van der Waals surface area contributed by atoms with Crippen molar-refractivity contribution in [2.75, 3.05) is 0 Å². The number of aliphatic hydroxyl groups excluding tert-OH is 1. The second kappa shape index (κ2) is 4.53. The SMILES string of the molecule is Cc1cccc(Cc2nnc(CO)n2C2CC2)c1. The van der Waals surface area contributed by atoms with Crippen LogP contribution in [-0.2, 0) is 13.0 Å². The average Bonchev–Trinajstić information content (AvgIpc) is 3.11. The lowest BCUT2D eigenvalue weighted by molar-refractivity contribution is 0.264. The molecule has 18 heavy (non-hydrogen) atoms. The van der Waals surface area contributed by atoms with E-state index in [1.54, 1.807) is 0 Å². The molecule has 1 fully saturated rings. The maximum absolute atomic E-state index is 9.30. The van der Waals surface area contributed by atoms with Gasteiger partial charge in [0.25, 0.3) is 0 Å². The van der Waals surface area contributed by atoms with Crippen LogP contribution in [0, 0.1) is 6.92 Å². The molecule has 0 saturated heterocycles. The number of benzene rings is 1. The highest BCUT2D eigenvalue weighted by Gasteiger charge is 2.28. The monoisotopic (exact) mass is 243 g/mol. The molecule has 0 amide bonds. The molecule has 1 aliphatic carbocycles. The van der Waals surface area contributed by atoms with Crippen molar-refractivity contribution in [2.24, 2.45) is 0 Å². The fraction of sp³-hybridized carbons (Fsp3) is 0.429. The summed E-state index contributed by atoms with van der Waals surface area (Å²) in [6, 6.07) is 8.94. The summed E-state index contributed by atoms with van der Waals surface area (Å²) < 4.78 is 2.11. The number of aromatic nitrogens is 3. The predicted molar refractivity (Wildman–Crippen MR) is 68.2 cm³/mol. The van der Waals surface area contributed by atoms with Crippen LogP contribution in [0.4, 0.5) is 0 Å². The summed E-state index contributed by atoms with van der Waals surface area (Å²) in [4.78, 5) is 0. The third-order valence-electron chi connectivity index (χ3n) is 3.34. The summed E-state index contributed by atoms with van der Waals surface area (Å²) in [5.74, 6) is 1.66. The van der Waals surface area contributed by atoms with E-state index in [1.165, 1.54) is 24.0 Å². The molecule has 1 aromatic heterocycles. The molecule has 0 unspecified atom stereocenters. The molecule has 0 radical (unpaired) electrons. The van der Waals surface area contributed by atoms with Gasteiger partial charge in [-0.15, -0.1) is 10.2 Å². The second-order valence-corrected chi connectivity index (χ2v) is 4.96. The third kappa shape index (κ3) is 2.16. The highest BCUT2D eigenvalue weighted by molar-refractivity contribution is 5.25. The quantitative estimate of drug-likeness (QED) is 0.893. The topological polar surface area (TPSA) is 50.9 Å². The normalized spacial score (nSPS) is 15.0. The van der Waals surface area contributed by atoms with E-state index in [2.05, 4.69) is 46.0 Å². The molecule has 1 heterocycles. The Bertz CT molecular complexity index is 558. The van der Waals surface area contributed by atoms with E-state index in [9.17, 15) is 5.11 Å². The number of aryl methyl sites for hydroxylation is 1. The third-order valence-corrected chi connectivity index (χ3v) is 3.34. The number of hydrogen-bond donors (Lipinski definition) is 1. The van der Waals surface area contributed by atoms with Crippen LogP contribution in [-0.4, -0.2) is 19.9 Å². The second-order valence-electron chi connectivity index (χ2n) is 4.96. The van der Waals surface area contributed by atoms with Gasteiger partial charge in [-0.25, -0.2) is 0 Å². The van der Waals surface area contributed by atoms with Crippen molar-refractivity contribution in [1.82, 2.24) is 14.8 Å². The Kier molecular flexibility index (Phi) is 2.88. The summed E-state index contributed by atoms with van der Waals surface area (Å²) in [6.45, 7) is 2.06. The van der Waals surface area contributed by atoms with Gasteiger partial charge in [0.05, 0.1) is 0 Å². The van der Waals surface area contributed by atoms with Crippen molar-refractivity contribution in [1.29, 1.82) is 0 Å². The van der Waals surface area contributed by atoms with Gasteiger partial charge in [-0.2, -0.15) is 0 Å². The summed E-state index contributed by atoms with van der Waals surface area (Å²) in [5, 5.41) is 17.6. The summed E-state index contributed by atoms with van der Waals surface area (Å²) >= 11 is 0. The van der Waals surface area contributed by atoms with Crippen molar-refractivity contribution in [3.8, 4) is 0 Å². The molecule has 94 valence electrons. The van der Waals surface area contributed by atoms with Crippen molar-refractivity contribution in [3.05, 3.63) is 47.0 Å². The van der Waals surface area contributed by atoms with Crippen LogP contribution < -0.4 is 0 Å². The first kappa shape index (κ1) is 11.4. The summed E-state index contributed by atoms with van der Waals surface area (Å²) in [6.07, 6.45) is 3.13. The molecular weight excluding hydrogens is 226 g/mol. The zero-order valence-corrected chi connectivity index (χ0v) is 10.5. The van der Waals surface area contributed by atoms with Crippen molar-refractivity contribution >= 4 is 0 Å². The molecule has 0 aliphatic heterocycles. The Hall–Kier alpha value is -1.68. The standard InChI is InChI=1S/C14H17N3O/c1-10-3-2-4-11(7-10)8-13-15-16-14(9-18)17(13)12-5-6-12/h2-4,7,12,18H,5-6,8-9H2,1H3. The maximum Gasteiger partial charge on any atom is 0.159 e. The molecule has 4 nitrogen and oxygen atoms in total. The summed E-state index contributed by atoms with van der Waals surface area (Å²) in [7, 11) is 0. The zero-order chi connectivity index (χ0) is 12.5. The molecule has 1 N–H and O–H groups in total. The van der Waals surface area contributed by atoms with Crippen molar-refractivity contribution < 1.29 is 5.11 Å². The van der Waals surface area contributed by atoms with Gasteiger partial charge in [-0.05, 0) is 25.3 Å². The molecule has 1 aromatic carbocycles. The van der Waals surface area contributed by atoms with Gasteiger partial charge in [0.1, 0.15) is 12.4 Å². The first-order chi connectivity index (χ1) is 8.78. The molecular formula is C14H17N3O. The lowest BCUT2D eigenvalue weighted by Crippen LogP contribution is -2.06. The molecule has 1 saturated carbocycles. The van der Waals surface area contributed by atoms with E-state index in [-0.39, 0.29) is 6.61 Å². The molecule has 3 rings (SSSR count). The van der Waals surface area contributed by atoms with Gasteiger partial charge in [-0.3, -0.25) is 0 Å². The van der Waals surface area contributed by atoms with Gasteiger partial charge >= 0.3 is 0 Å². The molecule has 4 heteroatoms.